The topological polar surface area (TPSA) is 113 Å². The summed E-state index contributed by atoms with van der Waals surface area (Å²) in [7, 11) is 0. The van der Waals surface area contributed by atoms with Crippen molar-refractivity contribution in [1.82, 2.24) is 0 Å². The van der Waals surface area contributed by atoms with Crippen LogP contribution in [0, 0.1) is 56.2 Å². The highest BCUT2D eigenvalue weighted by Gasteiger charge is 2.73. The average Bonchev–Trinajstić information content (AvgIpc) is 3.03. The molecular weight excluding hydrogens is 604 g/mol. The minimum absolute atomic E-state index is 0.0519. The van der Waals surface area contributed by atoms with Crippen LogP contribution in [0.1, 0.15) is 121 Å². The lowest BCUT2D eigenvalue weighted by atomic mass is 9.32. The van der Waals surface area contributed by atoms with Crippen LogP contribution in [0.15, 0.2) is 34.9 Å². The Hall–Kier alpha value is -1.96. The van der Waals surface area contributed by atoms with E-state index in [4.69, 9.17) is 9.47 Å². The molecule has 0 aliphatic heterocycles. The molecule has 3 unspecified atom stereocenters. The number of aliphatic hydroxyl groups excluding tert-OH is 3. The number of aliphatic hydroxyl groups is 3. The van der Waals surface area contributed by atoms with Crippen LogP contribution in [0.4, 0.5) is 0 Å². The summed E-state index contributed by atoms with van der Waals surface area (Å²) >= 11 is 0. The van der Waals surface area contributed by atoms with E-state index in [-0.39, 0.29) is 34.2 Å². The Bertz CT molecular complexity index is 1390. The molecule has 4 saturated carbocycles. The minimum Gasteiger partial charge on any atom is -0.454 e. The maximum atomic E-state index is 13.5. The SMILES string of the molecule is CC=C(C)C(=O)O[C@H]1[C@H](OC(=O)C(C)=CC)[C@@]2(CO)C(CC1(C)C)C1=CCC3[C@@]4(C)CC[C@H](C)[C@](C)(CO)C4CC[C@@]3(C)[C@]1(C)C[C@H]2O. The highest BCUT2D eigenvalue weighted by molar-refractivity contribution is 5.88. The Morgan fingerprint density at radius 1 is 0.854 bits per heavy atom. The molecule has 270 valence electrons. The predicted octanol–water partition coefficient (Wildman–Crippen LogP) is 7.34. The van der Waals surface area contributed by atoms with Gasteiger partial charge in [0.1, 0.15) is 6.10 Å². The summed E-state index contributed by atoms with van der Waals surface area (Å²) in [4.78, 5) is 26.8. The van der Waals surface area contributed by atoms with Gasteiger partial charge in [0.25, 0.3) is 0 Å². The quantitative estimate of drug-likeness (QED) is 0.154. The fourth-order valence-electron chi connectivity index (χ4n) is 12.2. The molecule has 0 bridgehead atoms. The molecule has 5 aliphatic carbocycles. The second-order valence-corrected chi connectivity index (χ2v) is 18.2. The molecule has 7 nitrogen and oxygen atoms in total. The van der Waals surface area contributed by atoms with E-state index in [2.05, 4.69) is 54.5 Å². The third-order valence-electron chi connectivity index (χ3n) is 16.0. The van der Waals surface area contributed by atoms with Crippen LogP contribution in [0.5, 0.6) is 0 Å². The smallest absolute Gasteiger partial charge is 0.333 e. The number of carbonyl (C=O) groups is 2. The van der Waals surface area contributed by atoms with Crippen molar-refractivity contribution in [2.75, 3.05) is 13.2 Å². The lowest BCUT2D eigenvalue weighted by Crippen LogP contribution is -2.72. The highest BCUT2D eigenvalue weighted by atomic mass is 16.6. The normalized spacial score (nSPS) is 47.0. The van der Waals surface area contributed by atoms with Gasteiger partial charge in [-0.3, -0.25) is 0 Å². The number of hydrogen-bond acceptors (Lipinski definition) is 7. The molecule has 5 rings (SSSR count). The second-order valence-electron chi connectivity index (χ2n) is 18.2. The third-order valence-corrected chi connectivity index (χ3v) is 16.0. The molecule has 0 spiro atoms. The molecular formula is C41H64O7. The van der Waals surface area contributed by atoms with Gasteiger partial charge in [-0.25, -0.2) is 9.59 Å². The van der Waals surface area contributed by atoms with Gasteiger partial charge in [0.2, 0.25) is 0 Å². The van der Waals surface area contributed by atoms with Crippen LogP contribution in [0.2, 0.25) is 0 Å². The molecule has 7 heteroatoms. The fourth-order valence-corrected chi connectivity index (χ4v) is 12.2. The number of ether oxygens (including phenoxy) is 2. The predicted molar refractivity (Wildman–Crippen MR) is 187 cm³/mol. The maximum Gasteiger partial charge on any atom is 0.333 e. The fraction of sp³-hybridized carbons (Fsp3) is 0.805. The summed E-state index contributed by atoms with van der Waals surface area (Å²) in [6, 6.07) is 0. The molecule has 0 heterocycles. The van der Waals surface area contributed by atoms with Crippen LogP contribution in [-0.4, -0.2) is 58.8 Å². The molecule has 0 aromatic carbocycles. The molecule has 48 heavy (non-hydrogen) atoms. The first-order valence-corrected chi connectivity index (χ1v) is 18.6. The van der Waals surface area contributed by atoms with E-state index >= 15 is 0 Å². The number of hydrogen-bond donors (Lipinski definition) is 3. The minimum atomic E-state index is -1.25. The third kappa shape index (κ3) is 4.98. The molecule has 4 fully saturated rings. The number of carbonyl (C=O) groups excluding carboxylic acids is 2. The first-order chi connectivity index (χ1) is 22.3. The average molecular weight is 669 g/mol. The van der Waals surface area contributed by atoms with Crippen molar-refractivity contribution in [2.24, 2.45) is 56.2 Å². The lowest BCUT2D eigenvalue weighted by Gasteiger charge is -2.72. The van der Waals surface area contributed by atoms with Gasteiger partial charge < -0.3 is 24.8 Å². The van der Waals surface area contributed by atoms with Gasteiger partial charge in [-0.1, -0.05) is 72.3 Å². The van der Waals surface area contributed by atoms with Crippen molar-refractivity contribution >= 4 is 11.9 Å². The Balaban J connectivity index is 1.65. The zero-order chi connectivity index (χ0) is 35.8. The Labute approximate surface area is 289 Å². The number of rotatable bonds is 6. The summed E-state index contributed by atoms with van der Waals surface area (Å²) in [5, 5.41) is 34.9. The van der Waals surface area contributed by atoms with Crippen LogP contribution in [-0.2, 0) is 19.1 Å². The van der Waals surface area contributed by atoms with Crippen molar-refractivity contribution in [2.45, 2.75) is 139 Å². The van der Waals surface area contributed by atoms with Gasteiger partial charge in [-0.05, 0) is 118 Å². The zero-order valence-electron chi connectivity index (χ0n) is 31.6. The van der Waals surface area contributed by atoms with Crippen molar-refractivity contribution in [3.63, 3.8) is 0 Å². The highest BCUT2D eigenvalue weighted by Crippen LogP contribution is 2.76. The monoisotopic (exact) mass is 668 g/mol. The summed E-state index contributed by atoms with van der Waals surface area (Å²) in [5.74, 6) is -0.0510. The standard InChI is InChI=1S/C41H64O7/c1-12-24(3)34(45)47-32-33(48-35(46)25(4)13-2)41(23-43)28(20-36(32,6)7)27-14-15-30-37(8)18-16-26(5)38(9,22-42)29(37)17-19-39(30,10)40(27,11)21-31(41)44/h12-14,26,28-33,42-44H,15-23H2,1-11H3/t26-,28?,29?,30?,31+,32-,33-,37-,38-,39+,40+,41-/m0/s1. The second kappa shape index (κ2) is 12.4. The van der Waals surface area contributed by atoms with Gasteiger partial charge in [0.05, 0.1) is 18.1 Å². The Morgan fingerprint density at radius 3 is 1.98 bits per heavy atom. The molecule has 0 aromatic rings. The summed E-state index contributed by atoms with van der Waals surface area (Å²) in [5.41, 5.74) is -0.313. The molecule has 0 amide bonds. The van der Waals surface area contributed by atoms with E-state index in [0.29, 0.717) is 41.7 Å². The van der Waals surface area contributed by atoms with Crippen molar-refractivity contribution in [1.29, 1.82) is 0 Å². The molecule has 12 atom stereocenters. The first-order valence-electron chi connectivity index (χ1n) is 18.6. The molecule has 3 N–H and O–H groups in total. The number of allylic oxidation sites excluding steroid dienone is 4. The molecule has 0 saturated heterocycles. The number of esters is 2. The summed E-state index contributed by atoms with van der Waals surface area (Å²) in [6.45, 7) is 22.7. The van der Waals surface area contributed by atoms with Crippen molar-refractivity contribution < 1.29 is 34.4 Å². The van der Waals surface area contributed by atoms with Gasteiger partial charge in [-0.2, -0.15) is 0 Å². The van der Waals surface area contributed by atoms with E-state index in [1.165, 1.54) is 5.57 Å². The van der Waals surface area contributed by atoms with Crippen LogP contribution < -0.4 is 0 Å². The van der Waals surface area contributed by atoms with Gasteiger partial charge in [-0.15, -0.1) is 0 Å². The van der Waals surface area contributed by atoms with E-state index in [1.807, 2.05) is 0 Å². The van der Waals surface area contributed by atoms with Crippen LogP contribution >= 0.6 is 0 Å². The van der Waals surface area contributed by atoms with Crippen LogP contribution in [0.3, 0.4) is 0 Å². The summed E-state index contributed by atoms with van der Waals surface area (Å²) in [6.07, 6.45) is 9.04. The van der Waals surface area contributed by atoms with Crippen LogP contribution in [0.25, 0.3) is 0 Å². The maximum absolute atomic E-state index is 13.5. The zero-order valence-corrected chi connectivity index (χ0v) is 31.6. The van der Waals surface area contributed by atoms with E-state index in [0.717, 1.165) is 32.1 Å². The summed E-state index contributed by atoms with van der Waals surface area (Å²) < 4.78 is 12.6. The molecule has 5 aliphatic rings. The Morgan fingerprint density at radius 2 is 1.44 bits per heavy atom. The number of fused-ring (bicyclic) bond motifs is 7. The van der Waals surface area contributed by atoms with E-state index in [9.17, 15) is 24.9 Å². The lowest BCUT2D eigenvalue weighted by molar-refractivity contribution is -0.265. The van der Waals surface area contributed by atoms with Gasteiger partial charge in [0.15, 0.2) is 6.10 Å². The van der Waals surface area contributed by atoms with Gasteiger partial charge >= 0.3 is 11.9 Å². The molecule has 0 aromatic heterocycles. The Kier molecular flexibility index (Phi) is 9.61. The largest absolute Gasteiger partial charge is 0.454 e. The van der Waals surface area contributed by atoms with Crippen molar-refractivity contribution in [3.8, 4) is 0 Å². The van der Waals surface area contributed by atoms with E-state index in [1.54, 1.807) is 39.8 Å². The van der Waals surface area contributed by atoms with E-state index < -0.39 is 47.7 Å². The van der Waals surface area contributed by atoms with Crippen molar-refractivity contribution in [3.05, 3.63) is 34.9 Å². The molecule has 0 radical (unpaired) electrons. The first kappa shape index (κ1) is 37.3. The van der Waals surface area contributed by atoms with Gasteiger partial charge in [0, 0.05) is 23.2 Å².